The standard InChI is InChI=1S/C19H19ClN4O2/c20-14-5-7-15(8-6-14)21-22-18-16-3-1-2-4-17(16)24(19(18)25)13-23-9-11-26-12-10-23/h1-8,25H,9-13H2/p+1. The van der Waals surface area contributed by atoms with Crippen molar-refractivity contribution in [3.8, 4) is 5.88 Å². The molecule has 0 unspecified atom stereocenters. The summed E-state index contributed by atoms with van der Waals surface area (Å²) >= 11 is 5.90. The molecule has 26 heavy (non-hydrogen) atoms. The predicted octanol–water partition coefficient (Wildman–Crippen LogP) is 3.29. The van der Waals surface area contributed by atoms with Crippen LogP contribution in [0.2, 0.25) is 5.02 Å². The molecular formula is C19H20ClN4O2+. The monoisotopic (exact) mass is 371 g/mol. The number of quaternary nitrogens is 1. The lowest BCUT2D eigenvalue weighted by Crippen LogP contribution is -3.13. The number of fused-ring (bicyclic) bond motifs is 1. The molecule has 2 heterocycles. The molecule has 0 spiro atoms. The number of nitrogens with zero attached hydrogens (tertiary/aromatic N) is 3. The van der Waals surface area contributed by atoms with Crippen LogP contribution in [0.1, 0.15) is 0 Å². The molecule has 1 aliphatic rings. The molecule has 0 bridgehead atoms. The van der Waals surface area contributed by atoms with Crippen molar-refractivity contribution in [3.63, 3.8) is 0 Å². The first-order chi connectivity index (χ1) is 12.7. The number of morpholine rings is 1. The van der Waals surface area contributed by atoms with E-state index in [1.165, 1.54) is 4.90 Å². The van der Waals surface area contributed by atoms with Crippen LogP contribution >= 0.6 is 11.6 Å². The third-order valence-corrected chi connectivity index (χ3v) is 4.84. The Morgan fingerprint density at radius 2 is 1.77 bits per heavy atom. The largest absolute Gasteiger partial charge is 0.493 e. The molecule has 1 saturated heterocycles. The molecule has 1 aromatic heterocycles. The molecule has 1 aliphatic heterocycles. The lowest BCUT2D eigenvalue weighted by molar-refractivity contribution is -0.930. The predicted molar refractivity (Wildman–Crippen MR) is 101 cm³/mol. The van der Waals surface area contributed by atoms with Gasteiger partial charge >= 0.3 is 0 Å². The van der Waals surface area contributed by atoms with Crippen LogP contribution in [-0.4, -0.2) is 36.0 Å². The summed E-state index contributed by atoms with van der Waals surface area (Å²) < 4.78 is 7.33. The average Bonchev–Trinajstić information content (AvgIpc) is 2.94. The zero-order valence-corrected chi connectivity index (χ0v) is 15.0. The number of aromatic nitrogens is 1. The number of benzene rings is 2. The fourth-order valence-corrected chi connectivity index (χ4v) is 3.31. The molecule has 0 radical (unpaired) electrons. The van der Waals surface area contributed by atoms with E-state index >= 15 is 0 Å². The topological polar surface area (TPSA) is 63.5 Å². The smallest absolute Gasteiger partial charge is 0.225 e. The van der Waals surface area contributed by atoms with E-state index in [4.69, 9.17) is 16.3 Å². The highest BCUT2D eigenvalue weighted by Gasteiger charge is 2.21. The number of aromatic hydroxyl groups is 1. The van der Waals surface area contributed by atoms with Crippen LogP contribution < -0.4 is 4.90 Å². The second-order valence-electron chi connectivity index (χ2n) is 6.31. The minimum Gasteiger partial charge on any atom is -0.493 e. The van der Waals surface area contributed by atoms with Crippen molar-refractivity contribution in [1.29, 1.82) is 0 Å². The molecule has 7 heteroatoms. The van der Waals surface area contributed by atoms with E-state index in [1.807, 2.05) is 28.8 Å². The Hall–Kier alpha value is -2.41. The van der Waals surface area contributed by atoms with Crippen molar-refractivity contribution >= 4 is 33.9 Å². The number of azo groups is 1. The van der Waals surface area contributed by atoms with Gasteiger partial charge in [-0.05, 0) is 30.3 Å². The van der Waals surface area contributed by atoms with Crippen LogP contribution in [0.15, 0.2) is 58.8 Å². The summed E-state index contributed by atoms with van der Waals surface area (Å²) in [5.74, 6) is 0.142. The molecule has 134 valence electrons. The van der Waals surface area contributed by atoms with Gasteiger partial charge in [-0.15, -0.1) is 5.11 Å². The van der Waals surface area contributed by atoms with E-state index in [0.29, 0.717) is 23.1 Å². The maximum Gasteiger partial charge on any atom is 0.225 e. The fraction of sp³-hybridized carbons (Fsp3) is 0.263. The number of ether oxygens (including phenoxy) is 1. The van der Waals surface area contributed by atoms with Crippen molar-refractivity contribution < 1.29 is 14.7 Å². The summed E-state index contributed by atoms with van der Waals surface area (Å²) in [5.41, 5.74) is 2.13. The number of rotatable bonds is 4. The van der Waals surface area contributed by atoms with Gasteiger partial charge in [-0.1, -0.05) is 29.8 Å². The molecule has 0 atom stereocenters. The van der Waals surface area contributed by atoms with Crippen molar-refractivity contribution in [2.45, 2.75) is 6.67 Å². The molecule has 4 rings (SSSR count). The normalized spacial score (nSPS) is 15.9. The van der Waals surface area contributed by atoms with Gasteiger partial charge in [0.2, 0.25) is 5.88 Å². The van der Waals surface area contributed by atoms with Gasteiger partial charge in [0.15, 0.2) is 12.4 Å². The van der Waals surface area contributed by atoms with E-state index in [9.17, 15) is 5.11 Å². The van der Waals surface area contributed by atoms with Gasteiger partial charge in [-0.3, -0.25) is 4.57 Å². The Morgan fingerprint density at radius 1 is 1.04 bits per heavy atom. The van der Waals surface area contributed by atoms with Gasteiger partial charge in [-0.2, -0.15) is 5.11 Å². The minimum atomic E-state index is 0.142. The number of hydrogen-bond donors (Lipinski definition) is 2. The van der Waals surface area contributed by atoms with Gasteiger partial charge in [0.05, 0.1) is 24.4 Å². The van der Waals surface area contributed by atoms with E-state index in [1.54, 1.807) is 24.3 Å². The lowest BCUT2D eigenvalue weighted by Gasteiger charge is -2.24. The van der Waals surface area contributed by atoms with Crippen molar-refractivity contribution in [2.75, 3.05) is 26.3 Å². The SMILES string of the molecule is Oc1c(N=Nc2ccc(Cl)cc2)c2ccccc2n1C[NH+]1CCOCC1. The van der Waals surface area contributed by atoms with Gasteiger partial charge in [-0.25, -0.2) is 0 Å². The lowest BCUT2D eigenvalue weighted by atomic mass is 10.2. The maximum atomic E-state index is 10.8. The number of nitrogens with one attached hydrogen (secondary N) is 1. The number of para-hydroxylation sites is 1. The first-order valence-corrected chi connectivity index (χ1v) is 8.99. The molecule has 2 N–H and O–H groups in total. The Kier molecular flexibility index (Phi) is 4.88. The van der Waals surface area contributed by atoms with Crippen molar-refractivity contribution in [2.24, 2.45) is 10.2 Å². The summed E-state index contributed by atoms with van der Waals surface area (Å²) in [5, 5.41) is 20.9. The highest BCUT2D eigenvalue weighted by atomic mass is 35.5. The Balaban J connectivity index is 1.70. The van der Waals surface area contributed by atoms with Crippen LogP contribution in [-0.2, 0) is 11.4 Å². The van der Waals surface area contributed by atoms with Gasteiger partial charge in [0.25, 0.3) is 0 Å². The molecular weight excluding hydrogens is 352 g/mol. The van der Waals surface area contributed by atoms with E-state index < -0.39 is 0 Å². The van der Waals surface area contributed by atoms with Crippen LogP contribution in [0.25, 0.3) is 10.9 Å². The summed E-state index contributed by atoms with van der Waals surface area (Å²) in [4.78, 5) is 1.37. The quantitative estimate of drug-likeness (QED) is 0.691. The number of halogens is 1. The summed E-state index contributed by atoms with van der Waals surface area (Å²) in [6, 6.07) is 15.0. The summed E-state index contributed by atoms with van der Waals surface area (Å²) in [7, 11) is 0. The molecule has 2 aromatic carbocycles. The van der Waals surface area contributed by atoms with Crippen LogP contribution in [0.3, 0.4) is 0 Å². The van der Waals surface area contributed by atoms with Gasteiger partial charge < -0.3 is 14.7 Å². The minimum absolute atomic E-state index is 0.142. The molecule has 6 nitrogen and oxygen atoms in total. The van der Waals surface area contributed by atoms with Crippen LogP contribution in [0, 0.1) is 0 Å². The third kappa shape index (κ3) is 3.44. The second-order valence-corrected chi connectivity index (χ2v) is 6.75. The fourth-order valence-electron chi connectivity index (χ4n) is 3.19. The zero-order valence-electron chi connectivity index (χ0n) is 14.2. The maximum absolute atomic E-state index is 10.8. The second kappa shape index (κ2) is 7.45. The van der Waals surface area contributed by atoms with E-state index in [2.05, 4.69) is 10.2 Å². The molecule has 0 aliphatic carbocycles. The van der Waals surface area contributed by atoms with Crippen LogP contribution in [0.4, 0.5) is 11.4 Å². The summed E-state index contributed by atoms with van der Waals surface area (Å²) in [6.45, 7) is 4.02. The van der Waals surface area contributed by atoms with Crippen molar-refractivity contribution in [3.05, 3.63) is 53.6 Å². The first-order valence-electron chi connectivity index (χ1n) is 8.61. The molecule has 0 saturated carbocycles. The summed E-state index contributed by atoms with van der Waals surface area (Å²) in [6.07, 6.45) is 0. The highest BCUT2D eigenvalue weighted by molar-refractivity contribution is 6.30. The first kappa shape index (κ1) is 17.0. The van der Waals surface area contributed by atoms with E-state index in [-0.39, 0.29) is 5.88 Å². The molecule has 3 aromatic rings. The zero-order chi connectivity index (χ0) is 17.9. The Morgan fingerprint density at radius 3 is 2.54 bits per heavy atom. The van der Waals surface area contributed by atoms with Crippen molar-refractivity contribution in [1.82, 2.24) is 4.57 Å². The molecule has 0 amide bonds. The van der Waals surface area contributed by atoms with Gasteiger partial charge in [0, 0.05) is 10.4 Å². The van der Waals surface area contributed by atoms with Gasteiger partial charge in [0.1, 0.15) is 13.1 Å². The molecule has 1 fully saturated rings. The average molecular weight is 372 g/mol. The van der Waals surface area contributed by atoms with E-state index in [0.717, 1.165) is 37.2 Å². The highest BCUT2D eigenvalue weighted by Crippen LogP contribution is 2.39. The Labute approximate surface area is 156 Å². The third-order valence-electron chi connectivity index (χ3n) is 4.59. The number of hydrogen-bond acceptors (Lipinski definition) is 4. The van der Waals surface area contributed by atoms with Crippen LogP contribution in [0.5, 0.6) is 5.88 Å². The Bertz CT molecular complexity index is 931.